The topological polar surface area (TPSA) is 0 Å². The van der Waals surface area contributed by atoms with E-state index in [1.807, 2.05) is 0 Å². The first-order valence-corrected chi connectivity index (χ1v) is 23.2. The molecular weight excluding hydrogens is 505 g/mol. The molecule has 200 valence electrons. The third-order valence-electron chi connectivity index (χ3n) is 9.20. The summed E-state index contributed by atoms with van der Waals surface area (Å²) < 4.78 is 0. The summed E-state index contributed by atoms with van der Waals surface area (Å²) in [5.41, 5.74) is 7.17. The van der Waals surface area contributed by atoms with Gasteiger partial charge in [-0.2, -0.15) is 0 Å². The number of aryl methyl sites for hydroxylation is 2. The smallest absolute Gasteiger partial charge is 0.0730 e. The largest absolute Gasteiger partial charge is 0.161 e. The van der Waals surface area contributed by atoms with Crippen LogP contribution in [0.15, 0.2) is 89.5 Å². The molecule has 0 fully saturated rings. The van der Waals surface area contributed by atoms with E-state index in [9.17, 15) is 0 Å². The number of benzene rings is 3. The average molecular weight is 553 g/mol. The predicted octanol–water partition coefficient (Wildman–Crippen LogP) is 6.92. The van der Waals surface area contributed by atoms with E-state index < -0.39 is 24.2 Å². The maximum absolute atomic E-state index is 2.64. The Morgan fingerprint density at radius 2 is 0.947 bits per heavy atom. The van der Waals surface area contributed by atoms with Crippen molar-refractivity contribution in [2.24, 2.45) is 0 Å². The minimum atomic E-state index is -2.63. The second kappa shape index (κ2) is 9.76. The molecule has 0 saturated carbocycles. The lowest BCUT2D eigenvalue weighted by Gasteiger charge is -2.48. The highest BCUT2D eigenvalue weighted by atomic mass is 28.3. The van der Waals surface area contributed by atoms with Gasteiger partial charge in [-0.15, -0.1) is 0 Å². The molecule has 0 spiro atoms. The van der Waals surface area contributed by atoms with Crippen LogP contribution in [0.3, 0.4) is 0 Å². The molecular formula is C35H48Si3. The van der Waals surface area contributed by atoms with Crippen LogP contribution in [0.4, 0.5) is 0 Å². The van der Waals surface area contributed by atoms with Crippen molar-refractivity contribution in [1.29, 1.82) is 0 Å². The van der Waals surface area contributed by atoms with Crippen LogP contribution in [0.5, 0.6) is 0 Å². The minimum Gasteiger partial charge on any atom is -0.0730 e. The highest BCUT2D eigenvalue weighted by Gasteiger charge is 2.56. The summed E-state index contributed by atoms with van der Waals surface area (Å²) in [5.74, 6) is 0. The Kier molecular flexibility index (Phi) is 7.40. The molecule has 0 radical (unpaired) electrons. The molecule has 3 aromatic carbocycles. The van der Waals surface area contributed by atoms with E-state index in [1.54, 1.807) is 20.7 Å². The van der Waals surface area contributed by atoms with Crippen LogP contribution in [0.25, 0.3) is 0 Å². The zero-order chi connectivity index (χ0) is 28.3. The Bertz CT molecular complexity index is 1360. The standard InChI is InChI=1S/C35H48Si3/c1-25-19-26(2)21-34(20-25)38(35(6)24-27(3)28(4)29(35)5,32-17-13-15-30(22-32)36(7,8)9)33-18-14-16-31(23-33)37(10,11)12/h13-24H,1-12H3. The number of rotatable bonds is 6. The van der Waals surface area contributed by atoms with Crippen LogP contribution in [-0.2, 0) is 0 Å². The van der Waals surface area contributed by atoms with Crippen molar-refractivity contribution in [1.82, 2.24) is 0 Å². The highest BCUT2D eigenvalue weighted by Crippen LogP contribution is 2.52. The molecule has 0 aliphatic heterocycles. The van der Waals surface area contributed by atoms with E-state index in [0.717, 1.165) is 0 Å². The third kappa shape index (κ3) is 4.71. The molecule has 0 aromatic heterocycles. The fourth-order valence-corrected chi connectivity index (χ4v) is 15.7. The van der Waals surface area contributed by atoms with Crippen molar-refractivity contribution in [2.75, 3.05) is 0 Å². The minimum absolute atomic E-state index is 0.0719. The van der Waals surface area contributed by atoms with E-state index in [2.05, 4.69) is 154 Å². The zero-order valence-corrected chi connectivity index (χ0v) is 28.9. The molecule has 1 atom stereocenters. The molecule has 0 heterocycles. The average Bonchev–Trinajstić information content (AvgIpc) is 3.01. The fraction of sp³-hybridized carbons (Fsp3) is 0.371. The van der Waals surface area contributed by atoms with Crippen LogP contribution in [0, 0.1) is 13.8 Å². The molecule has 1 aliphatic carbocycles. The van der Waals surface area contributed by atoms with Crippen LogP contribution in [-0.4, -0.2) is 24.2 Å². The zero-order valence-electron chi connectivity index (χ0n) is 25.9. The van der Waals surface area contributed by atoms with E-state index in [4.69, 9.17) is 0 Å². The monoisotopic (exact) mass is 552 g/mol. The first-order valence-electron chi connectivity index (χ1n) is 14.2. The summed E-state index contributed by atoms with van der Waals surface area (Å²) in [6.45, 7) is 29.1. The summed E-state index contributed by atoms with van der Waals surface area (Å²) in [5, 5.41) is 7.68. The Morgan fingerprint density at radius 1 is 0.526 bits per heavy atom. The van der Waals surface area contributed by atoms with Crippen molar-refractivity contribution in [3.8, 4) is 0 Å². The van der Waals surface area contributed by atoms with Gasteiger partial charge in [-0.3, -0.25) is 0 Å². The second-order valence-electron chi connectivity index (χ2n) is 14.1. The first-order chi connectivity index (χ1) is 17.5. The molecule has 0 nitrogen and oxygen atoms in total. The first kappa shape index (κ1) is 28.8. The van der Waals surface area contributed by atoms with Crippen molar-refractivity contribution >= 4 is 50.2 Å². The maximum Gasteiger partial charge on any atom is 0.161 e. The lowest BCUT2D eigenvalue weighted by Crippen LogP contribution is -2.74. The molecule has 3 heteroatoms. The highest BCUT2D eigenvalue weighted by molar-refractivity contribution is 7.14. The number of hydrogen-bond acceptors (Lipinski definition) is 0. The SMILES string of the molecule is CC1=CC(C)([Si](c2cc(C)cc(C)c2)(c2cccc([Si](C)(C)C)c2)c2cccc([Si](C)(C)C)c2)C(C)=C1C. The summed E-state index contributed by atoms with van der Waals surface area (Å²) in [4.78, 5) is 0. The maximum atomic E-state index is 2.64. The van der Waals surface area contributed by atoms with Gasteiger partial charge in [0.05, 0.1) is 16.1 Å². The van der Waals surface area contributed by atoms with Crippen LogP contribution in [0.2, 0.25) is 44.3 Å². The van der Waals surface area contributed by atoms with Crippen LogP contribution in [0.1, 0.15) is 38.8 Å². The molecule has 1 aliphatic rings. The second-order valence-corrected chi connectivity index (χ2v) is 28.5. The van der Waals surface area contributed by atoms with Gasteiger partial charge in [0.1, 0.15) is 0 Å². The van der Waals surface area contributed by atoms with Gasteiger partial charge in [-0.1, -0.05) is 152 Å². The lowest BCUT2D eigenvalue weighted by atomic mass is 10.0. The van der Waals surface area contributed by atoms with Gasteiger partial charge in [-0.25, -0.2) is 0 Å². The van der Waals surface area contributed by atoms with Crippen molar-refractivity contribution < 1.29 is 0 Å². The van der Waals surface area contributed by atoms with E-state index >= 15 is 0 Å². The van der Waals surface area contributed by atoms with Gasteiger partial charge in [0, 0.05) is 5.04 Å². The summed E-state index contributed by atoms with van der Waals surface area (Å²) in [6.07, 6.45) is 2.64. The molecule has 0 amide bonds. The molecule has 0 saturated heterocycles. The molecule has 3 aromatic rings. The molecule has 4 rings (SSSR count). The van der Waals surface area contributed by atoms with Crippen molar-refractivity contribution in [3.63, 3.8) is 0 Å². The van der Waals surface area contributed by atoms with Gasteiger partial charge in [0.25, 0.3) is 0 Å². The third-order valence-corrected chi connectivity index (χ3v) is 18.9. The quantitative estimate of drug-likeness (QED) is 0.230. The Labute approximate surface area is 236 Å². The van der Waals surface area contributed by atoms with Crippen molar-refractivity contribution in [2.45, 2.75) is 85.9 Å². The molecule has 0 bridgehead atoms. The number of allylic oxidation sites excluding steroid dienone is 4. The Balaban J connectivity index is 2.28. The Morgan fingerprint density at radius 3 is 1.32 bits per heavy atom. The van der Waals surface area contributed by atoms with E-state index in [1.165, 1.54) is 33.0 Å². The van der Waals surface area contributed by atoms with Gasteiger partial charge in [0.2, 0.25) is 0 Å². The van der Waals surface area contributed by atoms with E-state index in [0.29, 0.717) is 0 Å². The normalized spacial score (nSPS) is 18.7. The predicted molar refractivity (Wildman–Crippen MR) is 180 cm³/mol. The summed E-state index contributed by atoms with van der Waals surface area (Å²) >= 11 is 0. The van der Waals surface area contributed by atoms with Gasteiger partial charge in [-0.05, 0) is 55.8 Å². The molecule has 0 N–H and O–H groups in total. The number of hydrogen-bond donors (Lipinski definition) is 0. The molecule has 38 heavy (non-hydrogen) atoms. The molecule has 1 unspecified atom stereocenters. The van der Waals surface area contributed by atoms with E-state index in [-0.39, 0.29) is 5.04 Å². The van der Waals surface area contributed by atoms with Crippen molar-refractivity contribution in [3.05, 3.63) is 101 Å². The van der Waals surface area contributed by atoms with Crippen LogP contribution >= 0.6 is 0 Å². The fourth-order valence-electron chi connectivity index (χ4n) is 6.75. The Hall–Kier alpha value is -2.21. The van der Waals surface area contributed by atoms with Gasteiger partial charge in [0.15, 0.2) is 8.07 Å². The summed E-state index contributed by atoms with van der Waals surface area (Å²) in [7, 11) is -5.66. The lowest BCUT2D eigenvalue weighted by molar-refractivity contribution is 0.870. The van der Waals surface area contributed by atoms with Crippen LogP contribution < -0.4 is 25.9 Å². The summed E-state index contributed by atoms with van der Waals surface area (Å²) in [6, 6.07) is 27.1. The van der Waals surface area contributed by atoms with Gasteiger partial charge < -0.3 is 0 Å². The van der Waals surface area contributed by atoms with Gasteiger partial charge >= 0.3 is 0 Å².